The van der Waals surface area contributed by atoms with E-state index in [4.69, 9.17) is 19.4 Å². The maximum Gasteiger partial charge on any atom is 0.235 e. The third-order valence-electron chi connectivity index (χ3n) is 9.25. The van der Waals surface area contributed by atoms with Gasteiger partial charge in [0.25, 0.3) is 0 Å². The molecule has 0 aliphatic heterocycles. The van der Waals surface area contributed by atoms with E-state index in [0.29, 0.717) is 11.8 Å². The van der Waals surface area contributed by atoms with Crippen molar-refractivity contribution in [2.45, 2.75) is 0 Å². The Hall–Kier alpha value is -6.59. The van der Waals surface area contributed by atoms with Gasteiger partial charge in [0, 0.05) is 21.9 Å². The van der Waals surface area contributed by atoms with Gasteiger partial charge in [-0.25, -0.2) is 15.0 Å². The van der Waals surface area contributed by atoms with Gasteiger partial charge in [-0.1, -0.05) is 121 Å². The molecule has 10 rings (SSSR count). The van der Waals surface area contributed by atoms with Gasteiger partial charge in [-0.15, -0.1) is 0 Å². The van der Waals surface area contributed by atoms with Crippen LogP contribution in [0.15, 0.2) is 162 Å². The maximum absolute atomic E-state index is 6.62. The zero-order valence-corrected chi connectivity index (χ0v) is 25.7. The third kappa shape index (κ3) is 4.08. The van der Waals surface area contributed by atoms with Gasteiger partial charge in [0.05, 0.1) is 27.6 Å². The largest absolute Gasteiger partial charge is 0.435 e. The number of rotatable bonds is 4. The minimum Gasteiger partial charge on any atom is -0.435 e. The molecule has 0 saturated carbocycles. The zero-order chi connectivity index (χ0) is 31.6. The number of hydrogen-bond donors (Lipinski definition) is 0. The van der Waals surface area contributed by atoms with E-state index in [1.807, 2.05) is 54.6 Å². The van der Waals surface area contributed by atoms with Gasteiger partial charge >= 0.3 is 0 Å². The lowest BCUT2D eigenvalue weighted by molar-refractivity contribution is 0.623. The molecule has 0 aliphatic rings. The first-order chi connectivity index (χ1) is 23.8. The highest BCUT2D eigenvalue weighted by Gasteiger charge is 2.23. The Morgan fingerprint density at radius 3 is 1.85 bits per heavy atom. The van der Waals surface area contributed by atoms with Crippen LogP contribution in [0.4, 0.5) is 0 Å². The van der Waals surface area contributed by atoms with Gasteiger partial charge < -0.3 is 4.42 Å². The zero-order valence-electron chi connectivity index (χ0n) is 25.7. The summed E-state index contributed by atoms with van der Waals surface area (Å²) in [5.41, 5.74) is 9.63. The molecule has 0 unspecified atom stereocenters. The molecule has 7 aromatic carbocycles. The van der Waals surface area contributed by atoms with Crippen LogP contribution in [0, 0.1) is 0 Å². The molecular weight excluding hydrogens is 589 g/mol. The van der Waals surface area contributed by atoms with E-state index in [0.717, 1.165) is 77.0 Å². The van der Waals surface area contributed by atoms with Crippen molar-refractivity contribution >= 4 is 54.6 Å². The second kappa shape index (κ2) is 10.5. The Morgan fingerprint density at radius 2 is 1.04 bits per heavy atom. The van der Waals surface area contributed by atoms with E-state index < -0.39 is 0 Å². The molecule has 0 N–H and O–H groups in total. The first-order valence-corrected chi connectivity index (χ1v) is 16.0. The summed E-state index contributed by atoms with van der Waals surface area (Å²) in [6.45, 7) is 0. The first kappa shape index (κ1) is 26.6. The second-order valence-corrected chi connectivity index (χ2v) is 12.0. The molecule has 5 heteroatoms. The van der Waals surface area contributed by atoms with Crippen LogP contribution in [-0.2, 0) is 0 Å². The predicted molar refractivity (Wildman–Crippen MR) is 195 cm³/mol. The van der Waals surface area contributed by atoms with Crippen molar-refractivity contribution < 1.29 is 4.42 Å². The number of benzene rings is 7. The Morgan fingerprint density at radius 1 is 0.417 bits per heavy atom. The number of hydrogen-bond acceptors (Lipinski definition) is 4. The van der Waals surface area contributed by atoms with E-state index in [9.17, 15) is 0 Å². The van der Waals surface area contributed by atoms with Crippen molar-refractivity contribution in [2.24, 2.45) is 0 Å². The molecule has 3 heterocycles. The highest BCUT2D eigenvalue weighted by atomic mass is 16.3. The molecule has 48 heavy (non-hydrogen) atoms. The van der Waals surface area contributed by atoms with Gasteiger partial charge in [0.1, 0.15) is 5.52 Å². The van der Waals surface area contributed by atoms with Crippen molar-refractivity contribution in [1.82, 2.24) is 19.5 Å². The summed E-state index contributed by atoms with van der Waals surface area (Å²) in [6.07, 6.45) is 0. The number of fused-ring (bicyclic) bond motifs is 8. The molecular formula is C43H26N4O. The summed E-state index contributed by atoms with van der Waals surface area (Å²) in [6, 6.07) is 54.4. The Bertz CT molecular complexity index is 2820. The molecule has 0 spiro atoms. The molecule has 0 fully saturated rings. The van der Waals surface area contributed by atoms with Crippen LogP contribution >= 0.6 is 0 Å². The lowest BCUT2D eigenvalue weighted by Gasteiger charge is -2.12. The standard InChI is InChI=1S/C43H26N4O/c1-3-11-27(12-4-1)28-19-21-30(22-20-28)40-33-17-9-10-18-34(33)45-43(46-40)47-36-25-23-29-13-7-8-16-32(29)38(36)39-37(47)26-24-35-41(39)48-42(44-35)31-14-5-2-6-15-31/h1-26H. The number of aromatic nitrogens is 4. The molecule has 0 saturated heterocycles. The minimum atomic E-state index is 0.599. The first-order valence-electron chi connectivity index (χ1n) is 16.0. The van der Waals surface area contributed by atoms with Crippen LogP contribution in [0.25, 0.3) is 94.4 Å². The Kier molecular flexibility index (Phi) is 5.81. The normalized spacial score (nSPS) is 11.8. The van der Waals surface area contributed by atoms with Crippen molar-refractivity contribution in [2.75, 3.05) is 0 Å². The van der Waals surface area contributed by atoms with Crippen molar-refractivity contribution in [3.63, 3.8) is 0 Å². The number of nitrogens with zero attached hydrogens (tertiary/aromatic N) is 4. The predicted octanol–water partition coefficient (Wildman–Crippen LogP) is 11.0. The third-order valence-corrected chi connectivity index (χ3v) is 9.25. The molecule has 0 amide bonds. The van der Waals surface area contributed by atoms with Gasteiger partial charge in [-0.2, -0.15) is 0 Å². The minimum absolute atomic E-state index is 0.599. The van der Waals surface area contributed by atoms with Crippen molar-refractivity contribution in [3.8, 4) is 39.8 Å². The molecule has 0 bridgehead atoms. The molecule has 224 valence electrons. The van der Waals surface area contributed by atoms with E-state index in [1.54, 1.807) is 0 Å². The average molecular weight is 615 g/mol. The lowest BCUT2D eigenvalue weighted by atomic mass is 10.0. The second-order valence-electron chi connectivity index (χ2n) is 12.0. The van der Waals surface area contributed by atoms with Crippen LogP contribution in [0.5, 0.6) is 0 Å². The fourth-order valence-corrected chi connectivity index (χ4v) is 7.00. The molecule has 3 aromatic heterocycles. The fourth-order valence-electron chi connectivity index (χ4n) is 7.00. The number of para-hydroxylation sites is 1. The van der Waals surface area contributed by atoms with E-state index in [2.05, 4.69) is 108 Å². The molecule has 0 radical (unpaired) electrons. The average Bonchev–Trinajstić information content (AvgIpc) is 3.75. The van der Waals surface area contributed by atoms with Crippen molar-refractivity contribution in [3.05, 3.63) is 158 Å². The molecule has 0 aliphatic carbocycles. The molecule has 0 atom stereocenters. The Labute approximate surface area is 275 Å². The van der Waals surface area contributed by atoms with Crippen LogP contribution in [-0.4, -0.2) is 19.5 Å². The Balaban J connectivity index is 1.26. The summed E-state index contributed by atoms with van der Waals surface area (Å²) in [5.74, 6) is 1.20. The SMILES string of the molecule is c1ccc(-c2ccc(-c3nc(-n4c5ccc6ccccc6c5c5c6oc(-c7ccccc7)nc6ccc54)nc4ccccc34)cc2)cc1. The van der Waals surface area contributed by atoms with Crippen LogP contribution in [0.1, 0.15) is 0 Å². The van der Waals surface area contributed by atoms with Crippen LogP contribution in [0.2, 0.25) is 0 Å². The highest BCUT2D eigenvalue weighted by molar-refractivity contribution is 6.27. The quantitative estimate of drug-likeness (QED) is 0.198. The maximum atomic E-state index is 6.62. The summed E-state index contributed by atoms with van der Waals surface area (Å²) < 4.78 is 8.80. The summed E-state index contributed by atoms with van der Waals surface area (Å²) >= 11 is 0. The highest BCUT2D eigenvalue weighted by Crippen LogP contribution is 2.41. The van der Waals surface area contributed by atoms with Crippen LogP contribution < -0.4 is 0 Å². The monoisotopic (exact) mass is 614 g/mol. The smallest absolute Gasteiger partial charge is 0.235 e. The number of oxazole rings is 1. The summed E-state index contributed by atoms with van der Waals surface area (Å²) in [7, 11) is 0. The van der Waals surface area contributed by atoms with Gasteiger partial charge in [-0.05, 0) is 58.3 Å². The molecule has 10 aromatic rings. The molecule has 5 nitrogen and oxygen atoms in total. The lowest BCUT2D eigenvalue weighted by Crippen LogP contribution is -2.03. The topological polar surface area (TPSA) is 56.7 Å². The fraction of sp³-hybridized carbons (Fsp3) is 0. The van der Waals surface area contributed by atoms with Gasteiger partial charge in [0.2, 0.25) is 11.8 Å². The van der Waals surface area contributed by atoms with E-state index in [1.165, 1.54) is 5.56 Å². The van der Waals surface area contributed by atoms with Crippen LogP contribution in [0.3, 0.4) is 0 Å². The van der Waals surface area contributed by atoms with Crippen molar-refractivity contribution in [1.29, 1.82) is 0 Å². The van der Waals surface area contributed by atoms with E-state index in [-0.39, 0.29) is 0 Å². The van der Waals surface area contributed by atoms with E-state index >= 15 is 0 Å². The van der Waals surface area contributed by atoms with Gasteiger partial charge in [-0.3, -0.25) is 4.57 Å². The summed E-state index contributed by atoms with van der Waals surface area (Å²) in [4.78, 5) is 15.4. The van der Waals surface area contributed by atoms with Gasteiger partial charge in [0.15, 0.2) is 5.58 Å². The summed E-state index contributed by atoms with van der Waals surface area (Å²) in [5, 5.41) is 5.39.